The zero-order valence-electron chi connectivity index (χ0n) is 12.0. The lowest BCUT2D eigenvalue weighted by Crippen LogP contribution is -2.35. The molecule has 0 saturated heterocycles. The first kappa shape index (κ1) is 17.0. The smallest absolute Gasteiger partial charge is 0.326 e. The Kier molecular flexibility index (Phi) is 5.71. The van der Waals surface area contributed by atoms with Crippen LogP contribution >= 0.6 is 0 Å². The summed E-state index contributed by atoms with van der Waals surface area (Å²) in [5, 5.41) is 7.22. The van der Waals surface area contributed by atoms with Crippen LogP contribution in [0, 0.1) is 5.41 Å². The molecule has 1 aromatic rings. The van der Waals surface area contributed by atoms with Gasteiger partial charge in [-0.1, -0.05) is 12.1 Å². The van der Waals surface area contributed by atoms with Crippen molar-refractivity contribution in [3.63, 3.8) is 0 Å². The van der Waals surface area contributed by atoms with Crippen LogP contribution in [0.15, 0.2) is 24.3 Å². The zero-order chi connectivity index (χ0) is 16.0. The highest BCUT2D eigenvalue weighted by molar-refractivity contribution is 7.92. The molecule has 0 atom stereocenters. The lowest BCUT2D eigenvalue weighted by Gasteiger charge is -2.21. The summed E-state index contributed by atoms with van der Waals surface area (Å²) in [5.74, 6) is -0.593. The fraction of sp³-hybridized carbons (Fsp3) is 0.385. The predicted octanol–water partition coefficient (Wildman–Crippen LogP) is 0.494. The van der Waals surface area contributed by atoms with Crippen molar-refractivity contribution in [2.75, 3.05) is 23.7 Å². The average Bonchev–Trinajstić information content (AvgIpc) is 2.35. The Morgan fingerprint density at radius 3 is 2.33 bits per heavy atom. The first-order chi connectivity index (χ1) is 9.74. The molecule has 0 amide bonds. The van der Waals surface area contributed by atoms with Gasteiger partial charge in [-0.05, 0) is 24.6 Å². The van der Waals surface area contributed by atoms with Crippen molar-refractivity contribution in [2.24, 2.45) is 5.73 Å². The summed E-state index contributed by atoms with van der Waals surface area (Å²) in [6.45, 7) is 1.46. The first-order valence-electron chi connectivity index (χ1n) is 6.29. The summed E-state index contributed by atoms with van der Waals surface area (Å²) in [7, 11) is -3.60. The molecule has 0 aliphatic heterocycles. The van der Waals surface area contributed by atoms with Gasteiger partial charge in [-0.15, -0.1) is 0 Å². The van der Waals surface area contributed by atoms with Gasteiger partial charge in [-0.25, -0.2) is 8.42 Å². The molecule has 7 nitrogen and oxygen atoms in total. The van der Waals surface area contributed by atoms with E-state index in [0.29, 0.717) is 5.69 Å². The average molecular weight is 313 g/mol. The van der Waals surface area contributed by atoms with Crippen LogP contribution in [-0.2, 0) is 26.0 Å². The molecule has 8 heteroatoms. The van der Waals surface area contributed by atoms with Crippen LogP contribution in [0.5, 0.6) is 0 Å². The molecular weight excluding hydrogens is 294 g/mol. The van der Waals surface area contributed by atoms with E-state index in [-0.39, 0.29) is 25.4 Å². The number of nitrogens with zero attached hydrogens (tertiary/aromatic N) is 1. The highest BCUT2D eigenvalue weighted by Gasteiger charge is 2.21. The number of hydrogen-bond donors (Lipinski definition) is 2. The molecule has 0 unspecified atom stereocenters. The summed E-state index contributed by atoms with van der Waals surface area (Å²) in [5.41, 5.74) is 6.45. The van der Waals surface area contributed by atoms with Crippen LogP contribution in [0.4, 0.5) is 5.69 Å². The van der Waals surface area contributed by atoms with Crippen LogP contribution in [0.25, 0.3) is 0 Å². The first-order valence-corrected chi connectivity index (χ1v) is 8.14. The lowest BCUT2D eigenvalue weighted by molar-refractivity contribution is -0.141. The zero-order valence-corrected chi connectivity index (χ0v) is 12.8. The second kappa shape index (κ2) is 7.07. The highest BCUT2D eigenvalue weighted by atomic mass is 32.2. The van der Waals surface area contributed by atoms with Crippen molar-refractivity contribution < 1.29 is 17.9 Å². The second-order valence-corrected chi connectivity index (χ2v) is 6.35. The van der Waals surface area contributed by atoms with E-state index >= 15 is 0 Å². The number of ether oxygens (including phenoxy) is 1. The number of nitrogens with one attached hydrogen (secondary N) is 1. The maximum Gasteiger partial charge on any atom is 0.326 e. The molecule has 0 heterocycles. The maximum absolute atomic E-state index is 11.8. The Morgan fingerprint density at radius 2 is 1.90 bits per heavy atom. The normalized spacial score (nSPS) is 11.0. The monoisotopic (exact) mass is 313 g/mol. The Labute approximate surface area is 124 Å². The quantitative estimate of drug-likeness (QED) is 0.432. The number of esters is 1. The number of anilines is 1. The minimum Gasteiger partial charge on any atom is -0.465 e. The Morgan fingerprint density at radius 1 is 1.33 bits per heavy atom. The number of nitrogens with two attached hydrogens (primary N) is 1. The van der Waals surface area contributed by atoms with E-state index in [2.05, 4.69) is 0 Å². The van der Waals surface area contributed by atoms with E-state index in [4.69, 9.17) is 15.9 Å². The van der Waals surface area contributed by atoms with Crippen molar-refractivity contribution >= 4 is 27.5 Å². The number of amidine groups is 1. The number of carbonyl (C=O) groups is 1. The fourth-order valence-corrected chi connectivity index (χ4v) is 2.57. The summed E-state index contributed by atoms with van der Waals surface area (Å²) in [6, 6.07) is 6.47. The van der Waals surface area contributed by atoms with Crippen LogP contribution in [0.2, 0.25) is 0 Å². The van der Waals surface area contributed by atoms with E-state index in [1.165, 1.54) is 0 Å². The molecule has 0 saturated carbocycles. The molecular formula is C13H19N3O4S. The molecule has 1 aromatic carbocycles. The molecule has 0 aromatic heterocycles. The maximum atomic E-state index is 11.8. The third-order valence-corrected chi connectivity index (χ3v) is 3.74. The third kappa shape index (κ3) is 5.42. The number of benzene rings is 1. The molecule has 21 heavy (non-hydrogen) atoms. The molecule has 0 bridgehead atoms. The number of sulfonamides is 1. The van der Waals surface area contributed by atoms with Crippen LogP contribution in [0.1, 0.15) is 12.5 Å². The van der Waals surface area contributed by atoms with Gasteiger partial charge in [0, 0.05) is 6.42 Å². The fourth-order valence-electron chi connectivity index (χ4n) is 1.72. The molecule has 1 rings (SSSR count). The van der Waals surface area contributed by atoms with E-state index in [9.17, 15) is 13.2 Å². The summed E-state index contributed by atoms with van der Waals surface area (Å²) in [6.07, 6.45) is 1.31. The summed E-state index contributed by atoms with van der Waals surface area (Å²) in [4.78, 5) is 11.5. The largest absolute Gasteiger partial charge is 0.465 e. The predicted molar refractivity (Wildman–Crippen MR) is 80.9 cm³/mol. The topological polar surface area (TPSA) is 114 Å². The van der Waals surface area contributed by atoms with E-state index in [0.717, 1.165) is 16.1 Å². The van der Waals surface area contributed by atoms with Crippen LogP contribution in [0.3, 0.4) is 0 Å². The van der Waals surface area contributed by atoms with Gasteiger partial charge in [-0.2, -0.15) is 0 Å². The number of rotatable bonds is 7. The minimum atomic E-state index is -3.60. The van der Waals surface area contributed by atoms with Gasteiger partial charge in [0.1, 0.15) is 6.54 Å². The molecule has 0 radical (unpaired) electrons. The van der Waals surface area contributed by atoms with Gasteiger partial charge < -0.3 is 10.5 Å². The standard InChI is InChI=1S/C13H19N3O4S/c1-3-20-13(17)9-16(21(2,18)19)11-6-4-10(5-7-11)8-12(14)15/h4-7H,3,8-9H2,1-2H3,(H3,14,15). The second-order valence-electron chi connectivity index (χ2n) is 4.44. The van der Waals surface area contributed by atoms with E-state index in [1.54, 1.807) is 31.2 Å². The van der Waals surface area contributed by atoms with Gasteiger partial charge in [0.25, 0.3) is 0 Å². The number of carbonyl (C=O) groups excluding carboxylic acids is 1. The van der Waals surface area contributed by atoms with Gasteiger partial charge >= 0.3 is 5.97 Å². The van der Waals surface area contributed by atoms with Crippen LogP contribution in [-0.4, -0.2) is 39.6 Å². The summed E-state index contributed by atoms with van der Waals surface area (Å²) < 4.78 is 29.3. The summed E-state index contributed by atoms with van der Waals surface area (Å²) >= 11 is 0. The molecule has 3 N–H and O–H groups in total. The molecule has 0 fully saturated rings. The van der Waals surface area contributed by atoms with Gasteiger partial charge in [-0.3, -0.25) is 14.5 Å². The highest BCUT2D eigenvalue weighted by Crippen LogP contribution is 2.18. The van der Waals surface area contributed by atoms with E-state index in [1.807, 2.05) is 0 Å². The lowest BCUT2D eigenvalue weighted by atomic mass is 10.1. The minimum absolute atomic E-state index is 0.0224. The Hall–Kier alpha value is -2.09. The number of hydrogen-bond acceptors (Lipinski definition) is 5. The van der Waals surface area contributed by atoms with Crippen molar-refractivity contribution in [3.8, 4) is 0 Å². The van der Waals surface area contributed by atoms with Gasteiger partial charge in [0.05, 0.1) is 24.4 Å². The Balaban J connectivity index is 2.99. The third-order valence-electron chi connectivity index (χ3n) is 2.60. The molecule has 116 valence electrons. The van der Waals surface area contributed by atoms with Crippen molar-refractivity contribution in [2.45, 2.75) is 13.3 Å². The molecule has 0 spiro atoms. The van der Waals surface area contributed by atoms with Crippen molar-refractivity contribution in [3.05, 3.63) is 29.8 Å². The van der Waals surface area contributed by atoms with Crippen LogP contribution < -0.4 is 10.0 Å². The van der Waals surface area contributed by atoms with Crippen molar-refractivity contribution in [1.82, 2.24) is 0 Å². The van der Waals surface area contributed by atoms with Gasteiger partial charge in [0.2, 0.25) is 10.0 Å². The van der Waals surface area contributed by atoms with E-state index < -0.39 is 16.0 Å². The van der Waals surface area contributed by atoms with Crippen molar-refractivity contribution in [1.29, 1.82) is 5.41 Å². The molecule has 0 aliphatic carbocycles. The molecule has 0 aliphatic rings. The van der Waals surface area contributed by atoms with Gasteiger partial charge in [0.15, 0.2) is 0 Å². The SMILES string of the molecule is CCOC(=O)CN(c1ccc(CC(=N)N)cc1)S(C)(=O)=O. The Bertz CT molecular complexity index is 611.